The lowest BCUT2D eigenvalue weighted by atomic mass is 9.92. The van der Waals surface area contributed by atoms with Gasteiger partial charge in [0.15, 0.2) is 0 Å². The van der Waals surface area contributed by atoms with Crippen LogP contribution in [0.2, 0.25) is 0 Å². The van der Waals surface area contributed by atoms with Crippen molar-refractivity contribution in [3.63, 3.8) is 0 Å². The van der Waals surface area contributed by atoms with E-state index in [-0.39, 0.29) is 12.2 Å². The molecule has 1 unspecified atom stereocenters. The van der Waals surface area contributed by atoms with Gasteiger partial charge in [0.25, 0.3) is 0 Å². The lowest BCUT2D eigenvalue weighted by Crippen LogP contribution is -2.31. The molecule has 0 saturated heterocycles. The number of para-hydroxylation sites is 1. The third-order valence-corrected chi connectivity index (χ3v) is 2.39. The van der Waals surface area contributed by atoms with Gasteiger partial charge >= 0.3 is 5.97 Å². The van der Waals surface area contributed by atoms with Crippen LogP contribution in [0, 0.1) is 0 Å². The molecule has 0 aliphatic carbocycles. The van der Waals surface area contributed by atoms with Crippen LogP contribution in [-0.4, -0.2) is 21.8 Å². The summed E-state index contributed by atoms with van der Waals surface area (Å²) in [5.74, 6) is -0.540. The first-order valence-corrected chi connectivity index (χ1v) is 5.84. The highest BCUT2D eigenvalue weighted by Gasteiger charge is 2.31. The Bertz CT molecular complexity index is 430. The highest BCUT2D eigenvalue weighted by Crippen LogP contribution is 2.32. The van der Waals surface area contributed by atoms with E-state index in [1.54, 1.807) is 39.0 Å². The third-order valence-electron chi connectivity index (χ3n) is 2.39. The van der Waals surface area contributed by atoms with Crippen molar-refractivity contribution < 1.29 is 19.7 Å². The number of phenolic OH excluding ortho intramolecular Hbond substituents is 1. The summed E-state index contributed by atoms with van der Waals surface area (Å²) in [5, 5.41) is 20.0. The van der Waals surface area contributed by atoms with Gasteiger partial charge in [-0.25, -0.2) is 0 Å². The minimum atomic E-state index is -1.45. The molecule has 0 saturated carbocycles. The SMILES string of the molecule is CC(C)(C)OC(=O)CC(C)(O)c1ccccc1O. The van der Waals surface area contributed by atoms with Gasteiger partial charge in [-0.1, -0.05) is 18.2 Å². The molecule has 0 aliphatic heterocycles. The molecular formula is C14H20O4. The molecule has 4 nitrogen and oxygen atoms in total. The third kappa shape index (κ3) is 4.04. The maximum atomic E-state index is 11.7. The number of esters is 1. The standard InChI is InChI=1S/C14H20O4/c1-13(2,3)18-12(16)9-14(4,17)10-7-5-6-8-11(10)15/h5-8,15,17H,9H2,1-4H3. The molecule has 1 aromatic carbocycles. The zero-order chi connectivity index (χ0) is 14.0. The van der Waals surface area contributed by atoms with Crippen LogP contribution in [0.1, 0.15) is 39.7 Å². The van der Waals surface area contributed by atoms with Crippen molar-refractivity contribution >= 4 is 5.97 Å². The molecule has 0 aliphatic rings. The van der Waals surface area contributed by atoms with Crippen LogP contribution in [0.5, 0.6) is 5.75 Å². The van der Waals surface area contributed by atoms with Crippen LogP contribution in [0.15, 0.2) is 24.3 Å². The molecule has 1 rings (SSSR count). The predicted molar refractivity (Wildman–Crippen MR) is 68.1 cm³/mol. The number of carbonyl (C=O) groups excluding carboxylic acids is 1. The highest BCUT2D eigenvalue weighted by molar-refractivity contribution is 5.71. The first kappa shape index (κ1) is 14.5. The van der Waals surface area contributed by atoms with E-state index >= 15 is 0 Å². The molecule has 1 aromatic rings. The second-order valence-electron chi connectivity index (χ2n) is 5.55. The van der Waals surface area contributed by atoms with Crippen molar-refractivity contribution in [2.24, 2.45) is 0 Å². The lowest BCUT2D eigenvalue weighted by molar-refractivity contribution is -0.160. The molecule has 1 atom stereocenters. The minimum Gasteiger partial charge on any atom is -0.508 e. The van der Waals surface area contributed by atoms with E-state index in [4.69, 9.17) is 4.74 Å². The fourth-order valence-corrected chi connectivity index (χ4v) is 1.68. The second kappa shape index (κ2) is 4.98. The van der Waals surface area contributed by atoms with Gasteiger partial charge in [0.05, 0.1) is 6.42 Å². The van der Waals surface area contributed by atoms with E-state index in [0.29, 0.717) is 5.56 Å². The summed E-state index contributed by atoms with van der Waals surface area (Å²) < 4.78 is 5.15. The number of hydrogen-bond donors (Lipinski definition) is 2. The van der Waals surface area contributed by atoms with Gasteiger partial charge in [-0.05, 0) is 33.8 Å². The van der Waals surface area contributed by atoms with Crippen LogP contribution in [0.25, 0.3) is 0 Å². The summed E-state index contributed by atoms with van der Waals surface area (Å²) in [4.78, 5) is 11.7. The Balaban J connectivity index is 2.83. The number of benzene rings is 1. The number of rotatable bonds is 3. The fourth-order valence-electron chi connectivity index (χ4n) is 1.68. The summed E-state index contributed by atoms with van der Waals surface area (Å²) in [5.41, 5.74) is -1.73. The van der Waals surface area contributed by atoms with Crippen LogP contribution in [0.3, 0.4) is 0 Å². The molecule has 18 heavy (non-hydrogen) atoms. The summed E-state index contributed by atoms with van der Waals surface area (Å²) in [6.45, 7) is 6.77. The predicted octanol–water partition coefficient (Wildman–Crippen LogP) is 2.33. The van der Waals surface area contributed by atoms with E-state index in [9.17, 15) is 15.0 Å². The zero-order valence-corrected chi connectivity index (χ0v) is 11.2. The summed E-state index contributed by atoms with van der Waals surface area (Å²) in [6.07, 6.45) is -0.207. The van der Waals surface area contributed by atoms with Crippen molar-refractivity contribution in [1.29, 1.82) is 0 Å². The molecular weight excluding hydrogens is 232 g/mol. The molecule has 0 spiro atoms. The zero-order valence-electron chi connectivity index (χ0n) is 11.2. The van der Waals surface area contributed by atoms with Gasteiger partial charge in [0.1, 0.15) is 17.0 Å². The van der Waals surface area contributed by atoms with Gasteiger partial charge in [-0.3, -0.25) is 4.79 Å². The number of hydrogen-bond acceptors (Lipinski definition) is 4. The van der Waals surface area contributed by atoms with Crippen molar-refractivity contribution in [1.82, 2.24) is 0 Å². The second-order valence-corrected chi connectivity index (χ2v) is 5.55. The van der Waals surface area contributed by atoms with Crippen LogP contribution in [0.4, 0.5) is 0 Å². The Labute approximate surface area is 107 Å². The highest BCUT2D eigenvalue weighted by atomic mass is 16.6. The monoisotopic (exact) mass is 252 g/mol. The van der Waals surface area contributed by atoms with Crippen molar-refractivity contribution in [3.05, 3.63) is 29.8 Å². The number of aliphatic hydroxyl groups is 1. The van der Waals surface area contributed by atoms with E-state index in [0.717, 1.165) is 0 Å². The first-order chi connectivity index (χ1) is 8.12. The Morgan fingerprint density at radius 3 is 2.28 bits per heavy atom. The van der Waals surface area contributed by atoms with E-state index in [1.165, 1.54) is 13.0 Å². The van der Waals surface area contributed by atoms with E-state index in [2.05, 4.69) is 0 Å². The van der Waals surface area contributed by atoms with Crippen molar-refractivity contribution in [3.8, 4) is 5.75 Å². The minimum absolute atomic E-state index is 0.0361. The number of ether oxygens (including phenoxy) is 1. The molecule has 4 heteroatoms. The van der Waals surface area contributed by atoms with E-state index < -0.39 is 17.2 Å². The normalized spacial score (nSPS) is 14.9. The number of aromatic hydroxyl groups is 1. The number of phenols is 1. The smallest absolute Gasteiger partial charge is 0.309 e. The molecule has 0 bridgehead atoms. The largest absolute Gasteiger partial charge is 0.508 e. The maximum absolute atomic E-state index is 11.7. The Morgan fingerprint density at radius 1 is 1.22 bits per heavy atom. The summed E-state index contributed by atoms with van der Waals surface area (Å²) in [6, 6.07) is 6.40. The fraction of sp³-hybridized carbons (Fsp3) is 0.500. The van der Waals surface area contributed by atoms with E-state index in [1.807, 2.05) is 0 Å². The molecule has 0 fully saturated rings. The van der Waals surface area contributed by atoms with Gasteiger partial charge < -0.3 is 14.9 Å². The summed E-state index contributed by atoms with van der Waals surface area (Å²) >= 11 is 0. The molecule has 0 aromatic heterocycles. The Morgan fingerprint density at radius 2 is 1.78 bits per heavy atom. The van der Waals surface area contributed by atoms with Gasteiger partial charge in [-0.2, -0.15) is 0 Å². The van der Waals surface area contributed by atoms with Gasteiger partial charge in [0.2, 0.25) is 0 Å². The van der Waals surface area contributed by atoms with Gasteiger partial charge in [0, 0.05) is 5.56 Å². The van der Waals surface area contributed by atoms with Crippen LogP contribution in [-0.2, 0) is 15.1 Å². The van der Waals surface area contributed by atoms with Crippen molar-refractivity contribution in [2.45, 2.75) is 45.3 Å². The molecule has 2 N–H and O–H groups in total. The maximum Gasteiger partial charge on any atom is 0.309 e. The molecule has 0 radical (unpaired) electrons. The molecule has 100 valence electrons. The van der Waals surface area contributed by atoms with Crippen LogP contribution < -0.4 is 0 Å². The van der Waals surface area contributed by atoms with Crippen molar-refractivity contribution in [2.75, 3.05) is 0 Å². The first-order valence-electron chi connectivity index (χ1n) is 5.84. The average molecular weight is 252 g/mol. The Hall–Kier alpha value is -1.55. The molecule has 0 heterocycles. The van der Waals surface area contributed by atoms with Gasteiger partial charge in [-0.15, -0.1) is 0 Å². The lowest BCUT2D eigenvalue weighted by Gasteiger charge is -2.26. The molecule has 0 amide bonds. The summed E-state index contributed by atoms with van der Waals surface area (Å²) in [7, 11) is 0. The van der Waals surface area contributed by atoms with Crippen LogP contribution >= 0.6 is 0 Å². The number of carbonyl (C=O) groups is 1. The average Bonchev–Trinajstić information content (AvgIpc) is 2.13. The topological polar surface area (TPSA) is 66.8 Å². The quantitative estimate of drug-likeness (QED) is 0.810. The Kier molecular flexibility index (Phi) is 4.02.